The zero-order valence-corrected chi connectivity index (χ0v) is 7.82. The zero-order chi connectivity index (χ0) is 10.8. The first kappa shape index (κ1) is 10.2. The van der Waals surface area contributed by atoms with Crippen molar-refractivity contribution >= 4 is 0 Å². The number of benzene rings is 1. The van der Waals surface area contributed by atoms with Crippen molar-refractivity contribution in [2.45, 2.75) is 12.5 Å². The summed E-state index contributed by atoms with van der Waals surface area (Å²) < 4.78 is 33.7. The van der Waals surface area contributed by atoms with Gasteiger partial charge in [-0.3, -0.25) is 0 Å². The van der Waals surface area contributed by atoms with Crippen molar-refractivity contribution in [1.29, 1.82) is 0 Å². The van der Waals surface area contributed by atoms with E-state index in [4.69, 9.17) is 9.47 Å². The molecule has 0 aromatic heterocycles. The van der Waals surface area contributed by atoms with Crippen molar-refractivity contribution in [2.24, 2.45) is 0 Å². The van der Waals surface area contributed by atoms with Crippen LogP contribution in [-0.2, 0) is 0 Å². The summed E-state index contributed by atoms with van der Waals surface area (Å²) in [5.74, 6) is 0.817. The fourth-order valence-electron chi connectivity index (χ4n) is 1.42. The summed E-state index contributed by atoms with van der Waals surface area (Å²) in [4.78, 5) is 0. The molecule has 5 heteroatoms. The minimum Gasteiger partial charge on any atom is -0.490 e. The van der Waals surface area contributed by atoms with Crippen LogP contribution >= 0.6 is 0 Å². The lowest BCUT2D eigenvalue weighted by Gasteiger charge is -2.06. The van der Waals surface area contributed by atoms with Gasteiger partial charge in [-0.05, 0) is 12.1 Å². The molecule has 0 saturated heterocycles. The Morgan fingerprint density at radius 1 is 1.53 bits per heavy atom. The average molecular weight is 216 g/mol. The predicted octanol–water partition coefficient (Wildman–Crippen LogP) is 1.76. The van der Waals surface area contributed by atoms with Crippen molar-refractivity contribution < 1.29 is 23.4 Å². The number of fused-ring (bicyclic) bond motifs is 1. The molecule has 2 rings (SSSR count). The second kappa shape index (κ2) is 4.02. The number of alkyl halides is 2. The minimum absolute atomic E-state index is 0.202. The van der Waals surface area contributed by atoms with Crippen LogP contribution in [0.3, 0.4) is 0 Å². The summed E-state index contributed by atoms with van der Waals surface area (Å²) in [5, 5.41) is 9.40. The smallest absolute Gasteiger partial charge is 0.272 e. The molecule has 1 unspecified atom stereocenters. The molecule has 1 atom stereocenters. The van der Waals surface area contributed by atoms with Gasteiger partial charge in [-0.2, -0.15) is 0 Å². The van der Waals surface area contributed by atoms with Crippen LogP contribution < -0.4 is 9.47 Å². The number of ether oxygens (including phenoxy) is 2. The Kier molecular flexibility index (Phi) is 2.73. The Morgan fingerprint density at radius 3 is 3.07 bits per heavy atom. The van der Waals surface area contributed by atoms with E-state index in [1.54, 1.807) is 12.1 Å². The van der Waals surface area contributed by atoms with E-state index in [0.29, 0.717) is 17.1 Å². The molecule has 1 aromatic rings. The van der Waals surface area contributed by atoms with Gasteiger partial charge in [-0.25, -0.2) is 8.78 Å². The minimum atomic E-state index is -2.50. The third-order valence-electron chi connectivity index (χ3n) is 2.12. The second-order valence-corrected chi connectivity index (χ2v) is 3.23. The lowest BCUT2D eigenvalue weighted by atomic mass is 10.1. The van der Waals surface area contributed by atoms with E-state index in [9.17, 15) is 13.9 Å². The lowest BCUT2D eigenvalue weighted by Crippen LogP contribution is -2.06. The molecule has 0 radical (unpaired) electrons. The van der Waals surface area contributed by atoms with Crippen molar-refractivity contribution in [2.75, 3.05) is 13.2 Å². The van der Waals surface area contributed by atoms with Gasteiger partial charge in [-0.15, -0.1) is 0 Å². The normalized spacial score (nSPS) is 18.8. The molecule has 3 nitrogen and oxygen atoms in total. The highest BCUT2D eigenvalue weighted by atomic mass is 19.3. The molecular weight excluding hydrogens is 206 g/mol. The number of aliphatic hydroxyl groups excluding tert-OH is 1. The largest absolute Gasteiger partial charge is 0.490 e. The summed E-state index contributed by atoms with van der Waals surface area (Å²) in [6.45, 7) is -0.436. The first-order valence-corrected chi connectivity index (χ1v) is 4.52. The van der Waals surface area contributed by atoms with E-state index in [1.807, 2.05) is 0 Å². The standard InChI is InChI=1S/C10H10F2O3/c11-10(12)5-14-6-1-2-7-8(13)4-15-9(7)3-6/h1-3,8,10,13H,4-5H2. The maximum absolute atomic E-state index is 11.9. The Balaban J connectivity index is 2.09. The van der Waals surface area contributed by atoms with Crippen LogP contribution in [0.5, 0.6) is 11.5 Å². The summed E-state index contributed by atoms with van der Waals surface area (Å²) in [6.07, 6.45) is -3.13. The first-order valence-electron chi connectivity index (χ1n) is 4.52. The van der Waals surface area contributed by atoms with Crippen molar-refractivity contribution in [3.05, 3.63) is 23.8 Å². The van der Waals surface area contributed by atoms with Gasteiger partial charge < -0.3 is 14.6 Å². The quantitative estimate of drug-likeness (QED) is 0.836. The van der Waals surface area contributed by atoms with Crippen LogP contribution in [0.4, 0.5) is 8.78 Å². The van der Waals surface area contributed by atoms with Gasteiger partial charge in [0.2, 0.25) is 0 Å². The van der Waals surface area contributed by atoms with Crippen molar-refractivity contribution in [3.63, 3.8) is 0 Å². The Labute approximate surface area is 85.2 Å². The fraction of sp³-hybridized carbons (Fsp3) is 0.400. The van der Waals surface area contributed by atoms with Crippen molar-refractivity contribution in [1.82, 2.24) is 0 Å². The van der Waals surface area contributed by atoms with Gasteiger partial charge in [0.1, 0.15) is 30.8 Å². The van der Waals surface area contributed by atoms with E-state index in [2.05, 4.69) is 0 Å². The Bertz CT molecular complexity index is 355. The summed E-state index contributed by atoms with van der Waals surface area (Å²) >= 11 is 0. The SMILES string of the molecule is OC1COc2cc(OCC(F)F)ccc21. The summed E-state index contributed by atoms with van der Waals surface area (Å²) in [5.41, 5.74) is 0.666. The molecule has 0 fully saturated rings. The molecule has 15 heavy (non-hydrogen) atoms. The number of hydrogen-bond acceptors (Lipinski definition) is 3. The summed E-state index contributed by atoms with van der Waals surface area (Å²) in [7, 11) is 0. The van der Waals surface area contributed by atoms with Crippen molar-refractivity contribution in [3.8, 4) is 11.5 Å². The molecular formula is C10H10F2O3. The highest BCUT2D eigenvalue weighted by Crippen LogP contribution is 2.35. The number of aliphatic hydroxyl groups is 1. The molecule has 0 saturated carbocycles. The topological polar surface area (TPSA) is 38.7 Å². The third kappa shape index (κ3) is 2.18. The first-order chi connectivity index (χ1) is 7.16. The van der Waals surface area contributed by atoms with Crippen LogP contribution in [0.15, 0.2) is 18.2 Å². The molecule has 82 valence electrons. The highest BCUT2D eigenvalue weighted by Gasteiger charge is 2.22. The maximum Gasteiger partial charge on any atom is 0.272 e. The van der Waals surface area contributed by atoms with E-state index >= 15 is 0 Å². The van der Waals surface area contributed by atoms with Crippen LogP contribution in [0.1, 0.15) is 11.7 Å². The van der Waals surface area contributed by atoms with Crippen LogP contribution in [0.2, 0.25) is 0 Å². The van der Waals surface area contributed by atoms with Gasteiger partial charge in [0.05, 0.1) is 0 Å². The zero-order valence-electron chi connectivity index (χ0n) is 7.82. The van der Waals surface area contributed by atoms with E-state index in [-0.39, 0.29) is 6.61 Å². The van der Waals surface area contributed by atoms with Gasteiger partial charge in [0.15, 0.2) is 0 Å². The van der Waals surface area contributed by atoms with Gasteiger partial charge in [-0.1, -0.05) is 0 Å². The van der Waals surface area contributed by atoms with Gasteiger partial charge in [0, 0.05) is 11.6 Å². The molecule has 0 aliphatic carbocycles. The second-order valence-electron chi connectivity index (χ2n) is 3.23. The fourth-order valence-corrected chi connectivity index (χ4v) is 1.42. The third-order valence-corrected chi connectivity index (χ3v) is 2.12. The monoisotopic (exact) mass is 216 g/mol. The average Bonchev–Trinajstić information content (AvgIpc) is 2.57. The van der Waals surface area contributed by atoms with Gasteiger partial charge >= 0.3 is 0 Å². The molecule has 1 aliphatic heterocycles. The number of hydrogen-bond donors (Lipinski definition) is 1. The summed E-state index contributed by atoms with van der Waals surface area (Å²) in [6, 6.07) is 4.67. The Morgan fingerprint density at radius 2 is 2.33 bits per heavy atom. The predicted molar refractivity (Wildman–Crippen MR) is 48.4 cm³/mol. The molecule has 0 amide bonds. The van der Waals surface area contributed by atoms with Crippen LogP contribution in [0.25, 0.3) is 0 Å². The molecule has 1 aromatic carbocycles. The van der Waals surface area contributed by atoms with E-state index < -0.39 is 19.1 Å². The lowest BCUT2D eigenvalue weighted by molar-refractivity contribution is 0.0818. The number of halogens is 2. The van der Waals surface area contributed by atoms with Crippen LogP contribution in [0, 0.1) is 0 Å². The highest BCUT2D eigenvalue weighted by molar-refractivity contribution is 5.44. The molecule has 1 heterocycles. The molecule has 1 aliphatic rings. The Hall–Kier alpha value is -1.36. The number of rotatable bonds is 3. The van der Waals surface area contributed by atoms with Gasteiger partial charge in [0.25, 0.3) is 6.43 Å². The van der Waals surface area contributed by atoms with E-state index in [1.165, 1.54) is 6.07 Å². The van der Waals surface area contributed by atoms with Crippen LogP contribution in [-0.4, -0.2) is 24.7 Å². The molecule has 0 bridgehead atoms. The maximum atomic E-state index is 11.9. The molecule has 0 spiro atoms. The van der Waals surface area contributed by atoms with E-state index in [0.717, 1.165) is 0 Å². The molecule has 1 N–H and O–H groups in total.